The van der Waals surface area contributed by atoms with Gasteiger partial charge in [-0.2, -0.15) is 0 Å². The number of aromatic amines is 1. The molecule has 0 aliphatic carbocycles. The van der Waals surface area contributed by atoms with Gasteiger partial charge in [0.05, 0.1) is 0 Å². The molecule has 0 fully saturated rings. The minimum Gasteiger partial charge on any atom is -0.483 e. The molecule has 138 valence electrons. The standard InChI is InChI=1S/C18H21N3O5/c1-18(2,3)26-17(24)21-20-16(23)13-9-14(22)15(10-19-13)25-11-12-7-5-4-6-8-12/h4-10H,11H2,1-3H3,(H,19,22)(H,20,23)(H,21,24). The molecule has 0 spiro atoms. The molecule has 0 saturated carbocycles. The Labute approximate surface area is 150 Å². The van der Waals surface area contributed by atoms with E-state index in [1.54, 1.807) is 20.8 Å². The van der Waals surface area contributed by atoms with Crippen LogP contribution in [0.3, 0.4) is 0 Å². The molecule has 0 aliphatic rings. The third-order valence-electron chi connectivity index (χ3n) is 3.04. The van der Waals surface area contributed by atoms with E-state index in [2.05, 4.69) is 15.8 Å². The van der Waals surface area contributed by atoms with E-state index in [1.807, 2.05) is 30.3 Å². The SMILES string of the molecule is CC(C)(C)OC(=O)NNC(=O)c1cc(=O)c(OCc2ccccc2)c[nH]1. The monoisotopic (exact) mass is 359 g/mol. The third-order valence-corrected chi connectivity index (χ3v) is 3.04. The van der Waals surface area contributed by atoms with Gasteiger partial charge in [-0.15, -0.1) is 0 Å². The summed E-state index contributed by atoms with van der Waals surface area (Å²) < 4.78 is 10.4. The Morgan fingerprint density at radius 1 is 1.12 bits per heavy atom. The number of pyridine rings is 1. The summed E-state index contributed by atoms with van der Waals surface area (Å²) >= 11 is 0. The highest BCUT2D eigenvalue weighted by atomic mass is 16.6. The number of aromatic nitrogens is 1. The van der Waals surface area contributed by atoms with Crippen LogP contribution in [-0.4, -0.2) is 22.6 Å². The molecule has 1 aromatic carbocycles. The minimum absolute atomic E-state index is 0.0295. The molecule has 1 heterocycles. The number of benzene rings is 1. The number of rotatable bonds is 4. The first-order valence-electron chi connectivity index (χ1n) is 7.93. The predicted molar refractivity (Wildman–Crippen MR) is 94.7 cm³/mol. The van der Waals surface area contributed by atoms with Gasteiger partial charge in [-0.3, -0.25) is 15.0 Å². The number of hydrogen-bond acceptors (Lipinski definition) is 5. The number of amides is 2. The maximum absolute atomic E-state index is 12.1. The molecule has 0 atom stereocenters. The molecule has 2 aromatic rings. The van der Waals surface area contributed by atoms with E-state index >= 15 is 0 Å². The summed E-state index contributed by atoms with van der Waals surface area (Å²) in [5.41, 5.74) is 3.99. The number of H-pyrrole nitrogens is 1. The van der Waals surface area contributed by atoms with Crippen LogP contribution in [0.5, 0.6) is 5.75 Å². The van der Waals surface area contributed by atoms with E-state index in [4.69, 9.17) is 9.47 Å². The highest BCUT2D eigenvalue weighted by Crippen LogP contribution is 2.07. The Bertz CT molecular complexity index is 825. The number of hydrogen-bond donors (Lipinski definition) is 3. The zero-order valence-electron chi connectivity index (χ0n) is 14.8. The second-order valence-electron chi connectivity index (χ2n) is 6.43. The Kier molecular flexibility index (Phi) is 6.00. The maximum atomic E-state index is 12.1. The van der Waals surface area contributed by atoms with Gasteiger partial charge in [0.2, 0.25) is 5.43 Å². The van der Waals surface area contributed by atoms with Gasteiger partial charge in [-0.25, -0.2) is 10.2 Å². The molecule has 1 aromatic heterocycles. The highest BCUT2D eigenvalue weighted by Gasteiger charge is 2.17. The van der Waals surface area contributed by atoms with Crippen LogP contribution in [-0.2, 0) is 11.3 Å². The predicted octanol–water partition coefficient (Wildman–Crippen LogP) is 2.12. The van der Waals surface area contributed by atoms with Crippen LogP contribution < -0.4 is 21.0 Å². The zero-order valence-corrected chi connectivity index (χ0v) is 14.8. The van der Waals surface area contributed by atoms with Gasteiger partial charge in [-0.05, 0) is 26.3 Å². The molecule has 0 radical (unpaired) electrons. The van der Waals surface area contributed by atoms with Crippen molar-refractivity contribution < 1.29 is 19.1 Å². The smallest absolute Gasteiger partial charge is 0.426 e. The average Bonchev–Trinajstić information content (AvgIpc) is 2.58. The lowest BCUT2D eigenvalue weighted by Crippen LogP contribution is -2.44. The third kappa shape index (κ3) is 5.97. The van der Waals surface area contributed by atoms with Crippen molar-refractivity contribution in [1.82, 2.24) is 15.8 Å². The summed E-state index contributed by atoms with van der Waals surface area (Å²) in [6.45, 7) is 5.32. The van der Waals surface area contributed by atoms with Crippen molar-refractivity contribution in [2.75, 3.05) is 0 Å². The fraction of sp³-hybridized carbons (Fsp3) is 0.278. The van der Waals surface area contributed by atoms with Gasteiger partial charge < -0.3 is 14.5 Å². The van der Waals surface area contributed by atoms with Crippen LogP contribution in [0, 0.1) is 0 Å². The van der Waals surface area contributed by atoms with Gasteiger partial charge >= 0.3 is 6.09 Å². The van der Waals surface area contributed by atoms with E-state index < -0.39 is 23.0 Å². The topological polar surface area (TPSA) is 110 Å². The van der Waals surface area contributed by atoms with Gasteiger partial charge in [0.25, 0.3) is 5.91 Å². The van der Waals surface area contributed by atoms with Crippen molar-refractivity contribution in [3.8, 4) is 5.75 Å². The maximum Gasteiger partial charge on any atom is 0.426 e. The van der Waals surface area contributed by atoms with Gasteiger partial charge in [0.15, 0.2) is 5.75 Å². The average molecular weight is 359 g/mol. The molecule has 8 nitrogen and oxygen atoms in total. The summed E-state index contributed by atoms with van der Waals surface area (Å²) in [4.78, 5) is 38.2. The fourth-order valence-corrected chi connectivity index (χ4v) is 1.92. The van der Waals surface area contributed by atoms with Crippen molar-refractivity contribution in [3.63, 3.8) is 0 Å². The first kappa shape index (κ1) is 19.0. The van der Waals surface area contributed by atoms with Crippen molar-refractivity contribution in [2.45, 2.75) is 33.0 Å². The Hall–Kier alpha value is -3.29. The summed E-state index contributed by atoms with van der Waals surface area (Å²) in [6, 6.07) is 10.5. The molecule has 0 bridgehead atoms. The van der Waals surface area contributed by atoms with Crippen LogP contribution in [0.1, 0.15) is 36.8 Å². The number of carbonyl (C=O) groups is 2. The minimum atomic E-state index is -0.809. The molecular formula is C18H21N3O5. The number of carbonyl (C=O) groups excluding carboxylic acids is 2. The van der Waals surface area contributed by atoms with E-state index in [1.165, 1.54) is 6.20 Å². The quantitative estimate of drug-likeness (QED) is 0.725. The first-order valence-corrected chi connectivity index (χ1v) is 7.93. The molecule has 0 unspecified atom stereocenters. The lowest BCUT2D eigenvalue weighted by atomic mass is 10.2. The fourth-order valence-electron chi connectivity index (χ4n) is 1.92. The Morgan fingerprint density at radius 2 is 1.81 bits per heavy atom. The van der Waals surface area contributed by atoms with Crippen molar-refractivity contribution >= 4 is 12.0 Å². The summed E-state index contributed by atoms with van der Waals surface area (Å²) in [6.07, 6.45) is 0.490. The molecule has 2 rings (SSSR count). The second kappa shape index (κ2) is 8.19. The van der Waals surface area contributed by atoms with Crippen LogP contribution in [0.15, 0.2) is 47.4 Å². The Morgan fingerprint density at radius 3 is 2.42 bits per heavy atom. The molecular weight excluding hydrogens is 338 g/mol. The molecule has 3 N–H and O–H groups in total. The summed E-state index contributed by atoms with van der Waals surface area (Å²) in [5, 5.41) is 0. The molecule has 0 aliphatic heterocycles. The largest absolute Gasteiger partial charge is 0.483 e. The van der Waals surface area contributed by atoms with E-state index in [0.717, 1.165) is 11.6 Å². The van der Waals surface area contributed by atoms with Gasteiger partial charge in [0.1, 0.15) is 17.9 Å². The second-order valence-corrected chi connectivity index (χ2v) is 6.43. The highest BCUT2D eigenvalue weighted by molar-refractivity contribution is 5.93. The van der Waals surface area contributed by atoms with Crippen LogP contribution in [0.2, 0.25) is 0 Å². The van der Waals surface area contributed by atoms with Gasteiger partial charge in [-0.1, -0.05) is 30.3 Å². The molecule has 2 amide bonds. The van der Waals surface area contributed by atoms with E-state index in [-0.39, 0.29) is 18.1 Å². The number of ether oxygens (including phenoxy) is 2. The molecule has 26 heavy (non-hydrogen) atoms. The van der Waals surface area contributed by atoms with E-state index in [9.17, 15) is 14.4 Å². The van der Waals surface area contributed by atoms with Crippen molar-refractivity contribution in [3.05, 3.63) is 64.1 Å². The van der Waals surface area contributed by atoms with Crippen LogP contribution >= 0.6 is 0 Å². The zero-order chi connectivity index (χ0) is 19.2. The first-order chi connectivity index (χ1) is 12.2. The number of hydrazine groups is 1. The molecule has 8 heteroatoms. The lowest BCUT2D eigenvalue weighted by molar-refractivity contribution is 0.0483. The molecule has 0 saturated heterocycles. The van der Waals surface area contributed by atoms with E-state index in [0.29, 0.717) is 0 Å². The van der Waals surface area contributed by atoms with Crippen LogP contribution in [0.4, 0.5) is 4.79 Å². The number of nitrogens with one attached hydrogen (secondary N) is 3. The Balaban J connectivity index is 1.92. The summed E-state index contributed by atoms with van der Waals surface area (Å²) in [7, 11) is 0. The van der Waals surface area contributed by atoms with Crippen LogP contribution in [0.25, 0.3) is 0 Å². The lowest BCUT2D eigenvalue weighted by Gasteiger charge is -2.19. The van der Waals surface area contributed by atoms with Gasteiger partial charge in [0, 0.05) is 12.3 Å². The normalized spacial score (nSPS) is 10.7. The van der Waals surface area contributed by atoms with Crippen molar-refractivity contribution in [1.29, 1.82) is 0 Å². The van der Waals surface area contributed by atoms with Crippen molar-refractivity contribution in [2.24, 2.45) is 0 Å². The summed E-state index contributed by atoms with van der Waals surface area (Å²) in [5.74, 6) is -0.604.